The number of hydrogen-bond acceptors (Lipinski definition) is 3. The van der Waals surface area contributed by atoms with Crippen LogP contribution in [0.2, 0.25) is 0 Å². The number of amides is 1. The van der Waals surface area contributed by atoms with Crippen LogP contribution in [0.5, 0.6) is 0 Å². The van der Waals surface area contributed by atoms with Gasteiger partial charge in [-0.2, -0.15) is 0 Å². The van der Waals surface area contributed by atoms with E-state index in [1.165, 1.54) is 6.26 Å². The standard InChI is InChI=1S/C17H14N2O3/c20-16-13-4-1-3-11(13)12-7-6-10(9-14(12)19-16)18-17(21)15-5-2-8-22-15/h2,5-9H,1,3-4H2,(H,18,21)(H,19,20). The van der Waals surface area contributed by atoms with Crippen molar-refractivity contribution < 1.29 is 9.21 Å². The second-order valence-electron chi connectivity index (χ2n) is 5.46. The smallest absolute Gasteiger partial charge is 0.291 e. The number of benzene rings is 1. The summed E-state index contributed by atoms with van der Waals surface area (Å²) < 4.78 is 5.06. The lowest BCUT2D eigenvalue weighted by molar-refractivity contribution is 0.0996. The minimum absolute atomic E-state index is 0.0190. The Hall–Kier alpha value is -2.82. The Balaban J connectivity index is 1.74. The normalized spacial score (nSPS) is 13.3. The number of rotatable bonds is 2. The molecule has 5 heteroatoms. The summed E-state index contributed by atoms with van der Waals surface area (Å²) in [6, 6.07) is 8.85. The van der Waals surface area contributed by atoms with Crippen molar-refractivity contribution in [3.8, 4) is 0 Å². The van der Waals surface area contributed by atoms with Gasteiger partial charge in [-0.25, -0.2) is 0 Å². The third kappa shape index (κ3) is 2.02. The molecule has 0 atom stereocenters. The Labute approximate surface area is 126 Å². The van der Waals surface area contributed by atoms with Crippen LogP contribution in [0, 0.1) is 0 Å². The van der Waals surface area contributed by atoms with Crippen molar-refractivity contribution in [3.05, 3.63) is 63.8 Å². The molecular weight excluding hydrogens is 280 g/mol. The fourth-order valence-electron chi connectivity index (χ4n) is 3.08. The second-order valence-corrected chi connectivity index (χ2v) is 5.46. The van der Waals surface area contributed by atoms with Crippen molar-refractivity contribution in [3.63, 3.8) is 0 Å². The summed E-state index contributed by atoms with van der Waals surface area (Å²) in [6.45, 7) is 0. The largest absolute Gasteiger partial charge is 0.459 e. The first-order chi connectivity index (χ1) is 10.7. The van der Waals surface area contributed by atoms with Gasteiger partial charge in [0.15, 0.2) is 5.76 Å². The van der Waals surface area contributed by atoms with Crippen molar-refractivity contribution in [1.29, 1.82) is 0 Å². The molecule has 0 saturated carbocycles. The van der Waals surface area contributed by atoms with Gasteiger partial charge >= 0.3 is 0 Å². The third-order valence-corrected chi connectivity index (χ3v) is 4.09. The molecule has 0 saturated heterocycles. The van der Waals surface area contributed by atoms with E-state index >= 15 is 0 Å². The number of aromatic nitrogens is 1. The molecule has 1 aromatic carbocycles. The van der Waals surface area contributed by atoms with Gasteiger partial charge in [-0.05, 0) is 49.1 Å². The number of carbonyl (C=O) groups excluding carboxylic acids is 1. The van der Waals surface area contributed by atoms with Crippen molar-refractivity contribution in [2.24, 2.45) is 0 Å². The lowest BCUT2D eigenvalue weighted by atomic mass is 10.1. The molecule has 2 aromatic heterocycles. The highest BCUT2D eigenvalue weighted by molar-refractivity contribution is 6.03. The number of aryl methyl sites for hydroxylation is 1. The summed E-state index contributed by atoms with van der Waals surface area (Å²) in [4.78, 5) is 27.0. The Morgan fingerprint density at radius 2 is 2.05 bits per heavy atom. The summed E-state index contributed by atoms with van der Waals surface area (Å²) in [5, 5.41) is 3.83. The van der Waals surface area contributed by atoms with E-state index in [4.69, 9.17) is 4.42 Å². The predicted molar refractivity (Wildman–Crippen MR) is 83.3 cm³/mol. The number of furan rings is 1. The number of pyridine rings is 1. The summed E-state index contributed by atoms with van der Waals surface area (Å²) in [7, 11) is 0. The summed E-state index contributed by atoms with van der Waals surface area (Å²) in [5.74, 6) is -0.0598. The van der Waals surface area contributed by atoms with Gasteiger partial charge in [0.2, 0.25) is 0 Å². The lowest BCUT2D eigenvalue weighted by Crippen LogP contribution is -2.13. The van der Waals surface area contributed by atoms with Crippen LogP contribution in [-0.2, 0) is 12.8 Å². The SMILES string of the molecule is O=C(Nc1ccc2c3c(c(=O)[nH]c2c1)CCC3)c1ccco1. The third-order valence-electron chi connectivity index (χ3n) is 4.09. The Kier molecular flexibility index (Phi) is 2.85. The van der Waals surface area contributed by atoms with Crippen LogP contribution >= 0.6 is 0 Å². The predicted octanol–water partition coefficient (Wildman–Crippen LogP) is 2.86. The van der Waals surface area contributed by atoms with Gasteiger partial charge in [0.25, 0.3) is 11.5 Å². The molecule has 5 nitrogen and oxygen atoms in total. The minimum atomic E-state index is -0.312. The number of aromatic amines is 1. The first-order valence-electron chi connectivity index (χ1n) is 7.25. The van der Waals surface area contributed by atoms with E-state index in [9.17, 15) is 9.59 Å². The van der Waals surface area contributed by atoms with Gasteiger partial charge in [-0.1, -0.05) is 6.07 Å². The van der Waals surface area contributed by atoms with Gasteiger partial charge in [0.05, 0.1) is 11.8 Å². The first kappa shape index (κ1) is 12.9. The summed E-state index contributed by atoms with van der Waals surface area (Å²) in [5.41, 5.74) is 3.41. The number of carbonyl (C=O) groups is 1. The Morgan fingerprint density at radius 3 is 2.86 bits per heavy atom. The zero-order valence-electron chi connectivity index (χ0n) is 11.8. The quantitative estimate of drug-likeness (QED) is 0.763. The molecule has 22 heavy (non-hydrogen) atoms. The average Bonchev–Trinajstić information content (AvgIpc) is 3.19. The second kappa shape index (κ2) is 4.87. The zero-order valence-corrected chi connectivity index (χ0v) is 11.8. The molecule has 0 unspecified atom stereocenters. The highest BCUT2D eigenvalue weighted by Crippen LogP contribution is 2.27. The van der Waals surface area contributed by atoms with Crippen LogP contribution in [0.25, 0.3) is 10.9 Å². The fraction of sp³-hybridized carbons (Fsp3) is 0.176. The zero-order chi connectivity index (χ0) is 15.1. The van der Waals surface area contributed by atoms with E-state index in [-0.39, 0.29) is 17.2 Å². The van der Waals surface area contributed by atoms with Crippen molar-refractivity contribution in [1.82, 2.24) is 4.98 Å². The summed E-state index contributed by atoms with van der Waals surface area (Å²) >= 11 is 0. The Morgan fingerprint density at radius 1 is 1.18 bits per heavy atom. The van der Waals surface area contributed by atoms with E-state index < -0.39 is 0 Å². The van der Waals surface area contributed by atoms with Crippen LogP contribution in [0.15, 0.2) is 45.8 Å². The van der Waals surface area contributed by atoms with Crippen LogP contribution in [0.3, 0.4) is 0 Å². The molecular formula is C17H14N2O3. The number of anilines is 1. The number of hydrogen-bond donors (Lipinski definition) is 2. The molecule has 0 fully saturated rings. The van der Waals surface area contributed by atoms with E-state index in [2.05, 4.69) is 10.3 Å². The van der Waals surface area contributed by atoms with Gasteiger partial charge in [-0.3, -0.25) is 9.59 Å². The molecule has 2 N–H and O–H groups in total. The summed E-state index contributed by atoms with van der Waals surface area (Å²) in [6.07, 6.45) is 4.26. The van der Waals surface area contributed by atoms with E-state index in [0.29, 0.717) is 5.69 Å². The molecule has 110 valence electrons. The van der Waals surface area contributed by atoms with E-state index in [1.807, 2.05) is 12.1 Å². The highest BCUT2D eigenvalue weighted by atomic mass is 16.3. The fourth-order valence-corrected chi connectivity index (χ4v) is 3.08. The van der Waals surface area contributed by atoms with Crippen LogP contribution in [0.4, 0.5) is 5.69 Å². The highest BCUT2D eigenvalue weighted by Gasteiger charge is 2.18. The number of fused-ring (bicyclic) bond motifs is 3. The lowest BCUT2D eigenvalue weighted by Gasteiger charge is -2.08. The number of H-pyrrole nitrogens is 1. The van der Waals surface area contributed by atoms with Crippen molar-refractivity contribution in [2.75, 3.05) is 5.32 Å². The van der Waals surface area contributed by atoms with Gasteiger partial charge in [0.1, 0.15) is 0 Å². The molecule has 1 aliphatic carbocycles. The van der Waals surface area contributed by atoms with Gasteiger partial charge in [0, 0.05) is 16.6 Å². The number of nitrogens with one attached hydrogen (secondary N) is 2. The Bertz CT molecular complexity index is 923. The van der Waals surface area contributed by atoms with E-state index in [1.54, 1.807) is 18.2 Å². The maximum Gasteiger partial charge on any atom is 0.291 e. The molecule has 1 aliphatic rings. The molecule has 1 amide bonds. The molecule has 4 rings (SSSR count). The maximum atomic E-state index is 12.1. The molecule has 0 aliphatic heterocycles. The van der Waals surface area contributed by atoms with E-state index in [0.717, 1.165) is 41.3 Å². The molecule has 3 aromatic rings. The maximum absolute atomic E-state index is 12.1. The molecule has 0 radical (unpaired) electrons. The monoisotopic (exact) mass is 294 g/mol. The van der Waals surface area contributed by atoms with Crippen LogP contribution in [0.1, 0.15) is 28.1 Å². The van der Waals surface area contributed by atoms with Crippen LogP contribution < -0.4 is 10.9 Å². The molecule has 0 spiro atoms. The van der Waals surface area contributed by atoms with Gasteiger partial charge in [-0.15, -0.1) is 0 Å². The molecule has 2 heterocycles. The van der Waals surface area contributed by atoms with Gasteiger partial charge < -0.3 is 14.7 Å². The van der Waals surface area contributed by atoms with Crippen molar-refractivity contribution >= 4 is 22.5 Å². The topological polar surface area (TPSA) is 75.1 Å². The minimum Gasteiger partial charge on any atom is -0.459 e. The van der Waals surface area contributed by atoms with Crippen molar-refractivity contribution in [2.45, 2.75) is 19.3 Å². The average molecular weight is 294 g/mol. The first-order valence-corrected chi connectivity index (χ1v) is 7.25. The van der Waals surface area contributed by atoms with Crippen LogP contribution in [-0.4, -0.2) is 10.9 Å². The molecule has 0 bridgehead atoms.